The second-order valence-electron chi connectivity index (χ2n) is 4.33. The number of anilines is 1. The Hall–Kier alpha value is -2.94. The SMILES string of the molecule is COCCNc1ncnc(Oc2ccc(OC)cc2)c1[N+](=O)[O-]. The molecule has 0 atom stereocenters. The predicted molar refractivity (Wildman–Crippen MR) is 82.1 cm³/mol. The zero-order valence-corrected chi connectivity index (χ0v) is 12.7. The number of nitrogens with zero attached hydrogens (tertiary/aromatic N) is 3. The number of ether oxygens (including phenoxy) is 3. The number of rotatable bonds is 8. The Balaban J connectivity index is 2.25. The fraction of sp³-hybridized carbons (Fsp3) is 0.286. The zero-order chi connectivity index (χ0) is 16.7. The van der Waals surface area contributed by atoms with Crippen LogP contribution in [0.15, 0.2) is 30.6 Å². The molecular formula is C14H16N4O5. The number of nitrogens with one attached hydrogen (secondary N) is 1. The maximum absolute atomic E-state index is 11.3. The van der Waals surface area contributed by atoms with E-state index in [0.717, 1.165) is 0 Å². The van der Waals surface area contributed by atoms with Gasteiger partial charge in [-0.3, -0.25) is 10.1 Å². The van der Waals surface area contributed by atoms with Gasteiger partial charge in [0.1, 0.15) is 17.8 Å². The molecular weight excluding hydrogens is 304 g/mol. The standard InChI is InChI=1S/C14H16N4O5/c1-21-8-7-15-13-12(18(19)20)14(17-9-16-13)23-11-5-3-10(22-2)4-6-11/h3-6,9H,7-8H2,1-2H3,(H,15,16,17). The molecule has 0 aliphatic carbocycles. The highest BCUT2D eigenvalue weighted by atomic mass is 16.6. The number of hydrogen-bond acceptors (Lipinski definition) is 8. The predicted octanol–water partition coefficient (Wildman–Crippen LogP) is 2.24. The summed E-state index contributed by atoms with van der Waals surface area (Å²) in [5, 5.41) is 14.1. The van der Waals surface area contributed by atoms with Crippen LogP contribution in [0.2, 0.25) is 0 Å². The van der Waals surface area contributed by atoms with E-state index in [-0.39, 0.29) is 17.4 Å². The molecule has 9 nitrogen and oxygen atoms in total. The van der Waals surface area contributed by atoms with Crippen LogP contribution in [0, 0.1) is 10.1 Å². The van der Waals surface area contributed by atoms with Crippen molar-refractivity contribution in [3.8, 4) is 17.4 Å². The Bertz CT molecular complexity index is 663. The molecule has 0 bridgehead atoms. The van der Waals surface area contributed by atoms with Crippen LogP contribution in [0.25, 0.3) is 0 Å². The van der Waals surface area contributed by atoms with Gasteiger partial charge in [-0.1, -0.05) is 0 Å². The summed E-state index contributed by atoms with van der Waals surface area (Å²) >= 11 is 0. The maximum Gasteiger partial charge on any atom is 0.373 e. The first kappa shape index (κ1) is 16.4. The molecule has 122 valence electrons. The van der Waals surface area contributed by atoms with Crippen LogP contribution in [0.4, 0.5) is 11.5 Å². The summed E-state index contributed by atoms with van der Waals surface area (Å²) in [6.45, 7) is 0.756. The molecule has 0 saturated heterocycles. The van der Waals surface area contributed by atoms with Crippen molar-refractivity contribution >= 4 is 11.5 Å². The van der Waals surface area contributed by atoms with Crippen LogP contribution in [0.5, 0.6) is 17.4 Å². The van der Waals surface area contributed by atoms with Gasteiger partial charge in [-0.05, 0) is 24.3 Å². The van der Waals surface area contributed by atoms with Gasteiger partial charge in [0.25, 0.3) is 0 Å². The number of aromatic nitrogens is 2. The lowest BCUT2D eigenvalue weighted by atomic mass is 10.3. The van der Waals surface area contributed by atoms with Gasteiger partial charge in [0.15, 0.2) is 0 Å². The van der Waals surface area contributed by atoms with E-state index in [2.05, 4.69) is 15.3 Å². The molecule has 9 heteroatoms. The van der Waals surface area contributed by atoms with E-state index in [9.17, 15) is 10.1 Å². The molecule has 2 rings (SSSR count). The monoisotopic (exact) mass is 320 g/mol. The molecule has 1 aromatic heterocycles. The highest BCUT2D eigenvalue weighted by molar-refractivity contribution is 5.61. The van der Waals surface area contributed by atoms with Gasteiger partial charge in [0.2, 0.25) is 5.82 Å². The van der Waals surface area contributed by atoms with Crippen LogP contribution >= 0.6 is 0 Å². The van der Waals surface area contributed by atoms with E-state index in [1.807, 2.05) is 0 Å². The van der Waals surface area contributed by atoms with Crippen molar-refractivity contribution in [3.63, 3.8) is 0 Å². The minimum Gasteiger partial charge on any atom is -0.497 e. The van der Waals surface area contributed by atoms with Gasteiger partial charge in [0, 0.05) is 13.7 Å². The van der Waals surface area contributed by atoms with Crippen molar-refractivity contribution in [2.75, 3.05) is 32.7 Å². The molecule has 0 fully saturated rings. The van der Waals surface area contributed by atoms with E-state index in [4.69, 9.17) is 14.2 Å². The van der Waals surface area contributed by atoms with Gasteiger partial charge in [0.05, 0.1) is 18.6 Å². The molecule has 1 heterocycles. The van der Waals surface area contributed by atoms with Crippen LogP contribution in [-0.4, -0.2) is 42.3 Å². The molecule has 0 aliphatic heterocycles. The van der Waals surface area contributed by atoms with Gasteiger partial charge >= 0.3 is 11.6 Å². The summed E-state index contributed by atoms with van der Waals surface area (Å²) in [5.74, 6) is 0.979. The van der Waals surface area contributed by atoms with E-state index in [1.165, 1.54) is 13.4 Å². The number of hydrogen-bond donors (Lipinski definition) is 1. The van der Waals surface area contributed by atoms with E-state index < -0.39 is 4.92 Å². The minimum atomic E-state index is -0.589. The first-order valence-corrected chi connectivity index (χ1v) is 6.69. The lowest BCUT2D eigenvalue weighted by Gasteiger charge is -2.09. The third kappa shape index (κ3) is 4.27. The van der Waals surface area contributed by atoms with Gasteiger partial charge in [-0.25, -0.2) is 4.98 Å². The van der Waals surface area contributed by atoms with Crippen LogP contribution in [-0.2, 0) is 4.74 Å². The Morgan fingerprint density at radius 2 is 1.87 bits per heavy atom. The Kier molecular flexibility index (Phi) is 5.64. The average molecular weight is 320 g/mol. The summed E-state index contributed by atoms with van der Waals surface area (Å²) in [6, 6.07) is 6.62. The third-order valence-corrected chi connectivity index (χ3v) is 2.84. The largest absolute Gasteiger partial charge is 0.497 e. The lowest BCUT2D eigenvalue weighted by Crippen LogP contribution is -2.11. The quantitative estimate of drug-likeness (QED) is 0.448. The Morgan fingerprint density at radius 1 is 1.17 bits per heavy atom. The molecule has 2 aromatic rings. The lowest BCUT2D eigenvalue weighted by molar-refractivity contribution is -0.385. The number of methoxy groups -OCH3 is 2. The minimum absolute atomic E-state index is 0.0746. The molecule has 0 amide bonds. The fourth-order valence-corrected chi connectivity index (χ4v) is 1.76. The summed E-state index contributed by atoms with van der Waals surface area (Å²) in [4.78, 5) is 18.5. The van der Waals surface area contributed by atoms with Crippen molar-refractivity contribution in [2.45, 2.75) is 0 Å². The highest BCUT2D eigenvalue weighted by Crippen LogP contribution is 2.34. The molecule has 0 unspecified atom stereocenters. The van der Waals surface area contributed by atoms with Crippen molar-refractivity contribution in [1.82, 2.24) is 9.97 Å². The normalized spacial score (nSPS) is 10.2. The number of benzene rings is 1. The third-order valence-electron chi connectivity index (χ3n) is 2.84. The average Bonchev–Trinajstić information content (AvgIpc) is 2.55. The van der Waals surface area contributed by atoms with Crippen LogP contribution in [0.3, 0.4) is 0 Å². The smallest absolute Gasteiger partial charge is 0.373 e. The molecule has 0 aliphatic rings. The second-order valence-corrected chi connectivity index (χ2v) is 4.33. The number of nitro groups is 1. The first-order valence-electron chi connectivity index (χ1n) is 6.69. The van der Waals surface area contributed by atoms with Gasteiger partial charge in [-0.15, -0.1) is 0 Å². The van der Waals surface area contributed by atoms with E-state index >= 15 is 0 Å². The van der Waals surface area contributed by atoms with Gasteiger partial charge < -0.3 is 19.5 Å². The molecule has 0 spiro atoms. The molecule has 1 aromatic carbocycles. The zero-order valence-electron chi connectivity index (χ0n) is 12.7. The van der Waals surface area contributed by atoms with Gasteiger partial charge in [-0.2, -0.15) is 4.98 Å². The maximum atomic E-state index is 11.3. The first-order chi connectivity index (χ1) is 11.2. The van der Waals surface area contributed by atoms with Crippen molar-refractivity contribution in [2.24, 2.45) is 0 Å². The van der Waals surface area contributed by atoms with Crippen LogP contribution < -0.4 is 14.8 Å². The summed E-state index contributed by atoms with van der Waals surface area (Å²) in [6.07, 6.45) is 1.20. The fourth-order valence-electron chi connectivity index (χ4n) is 1.76. The van der Waals surface area contributed by atoms with Crippen molar-refractivity contribution < 1.29 is 19.1 Å². The van der Waals surface area contributed by atoms with Crippen molar-refractivity contribution in [3.05, 3.63) is 40.7 Å². The summed E-state index contributed by atoms with van der Waals surface area (Å²) < 4.78 is 15.4. The molecule has 0 radical (unpaired) electrons. The Morgan fingerprint density at radius 3 is 2.48 bits per heavy atom. The van der Waals surface area contributed by atoms with E-state index in [1.54, 1.807) is 31.4 Å². The second kappa shape index (κ2) is 7.90. The highest BCUT2D eigenvalue weighted by Gasteiger charge is 2.24. The van der Waals surface area contributed by atoms with E-state index in [0.29, 0.717) is 24.7 Å². The molecule has 0 saturated carbocycles. The Labute approximate surface area is 132 Å². The van der Waals surface area contributed by atoms with Crippen LogP contribution in [0.1, 0.15) is 0 Å². The van der Waals surface area contributed by atoms with Crippen molar-refractivity contribution in [1.29, 1.82) is 0 Å². The molecule has 23 heavy (non-hydrogen) atoms. The topological polar surface area (TPSA) is 109 Å². The summed E-state index contributed by atoms with van der Waals surface area (Å²) in [7, 11) is 3.08. The summed E-state index contributed by atoms with van der Waals surface area (Å²) in [5.41, 5.74) is -0.334. The molecule has 1 N–H and O–H groups in total.